The Labute approximate surface area is 116 Å². The first-order valence-corrected chi connectivity index (χ1v) is 7.21. The molecule has 4 heteroatoms. The third kappa shape index (κ3) is 3.77. The fourth-order valence-corrected chi connectivity index (χ4v) is 2.86. The van der Waals surface area contributed by atoms with E-state index in [1.54, 1.807) is 6.07 Å². The molecule has 1 aliphatic carbocycles. The van der Waals surface area contributed by atoms with Crippen molar-refractivity contribution in [1.82, 2.24) is 0 Å². The monoisotopic (exact) mass is 315 g/mol. The van der Waals surface area contributed by atoms with E-state index in [2.05, 4.69) is 15.9 Å². The predicted molar refractivity (Wildman–Crippen MR) is 73.9 cm³/mol. The molecule has 0 heterocycles. The van der Waals surface area contributed by atoms with E-state index in [1.165, 1.54) is 18.9 Å². The lowest BCUT2D eigenvalue weighted by atomic mass is 9.99. The Morgan fingerprint density at radius 3 is 2.72 bits per heavy atom. The quantitative estimate of drug-likeness (QED) is 0.874. The third-order valence-electron chi connectivity index (χ3n) is 3.26. The van der Waals surface area contributed by atoms with E-state index in [0.29, 0.717) is 18.9 Å². The van der Waals surface area contributed by atoms with E-state index in [0.717, 1.165) is 10.0 Å². The molecule has 2 N–H and O–H groups in total. The molecule has 0 bridgehead atoms. The summed E-state index contributed by atoms with van der Waals surface area (Å²) in [5.41, 5.74) is 7.13. The second-order valence-electron chi connectivity index (χ2n) is 4.90. The highest BCUT2D eigenvalue weighted by Gasteiger charge is 2.35. The van der Waals surface area contributed by atoms with Crippen LogP contribution in [0, 0.1) is 11.7 Å². The molecular formula is C14H19BrFNO. The minimum absolute atomic E-state index is 0.0638. The fraction of sp³-hybridized carbons (Fsp3) is 0.571. The van der Waals surface area contributed by atoms with Gasteiger partial charge in [-0.1, -0.05) is 15.9 Å². The highest BCUT2D eigenvalue weighted by molar-refractivity contribution is 9.10. The lowest BCUT2D eigenvalue weighted by Crippen LogP contribution is -2.40. The number of benzene rings is 1. The first-order valence-electron chi connectivity index (χ1n) is 6.42. The van der Waals surface area contributed by atoms with Gasteiger partial charge >= 0.3 is 0 Å². The number of nitrogens with two attached hydrogens (primary N) is 1. The van der Waals surface area contributed by atoms with Crippen LogP contribution in [0.1, 0.15) is 25.3 Å². The van der Waals surface area contributed by atoms with Gasteiger partial charge < -0.3 is 10.5 Å². The van der Waals surface area contributed by atoms with Crippen molar-refractivity contribution in [1.29, 1.82) is 0 Å². The largest absolute Gasteiger partial charge is 0.377 e. The van der Waals surface area contributed by atoms with Gasteiger partial charge in [-0.15, -0.1) is 0 Å². The van der Waals surface area contributed by atoms with Crippen LogP contribution in [0.25, 0.3) is 0 Å². The zero-order chi connectivity index (χ0) is 13.1. The van der Waals surface area contributed by atoms with E-state index in [9.17, 15) is 4.39 Å². The Morgan fingerprint density at radius 1 is 1.44 bits per heavy atom. The van der Waals surface area contributed by atoms with Crippen LogP contribution in [0.3, 0.4) is 0 Å². The Balaban J connectivity index is 2.02. The van der Waals surface area contributed by atoms with E-state index < -0.39 is 0 Å². The maximum Gasteiger partial charge on any atom is 0.124 e. The first kappa shape index (κ1) is 14.0. The van der Waals surface area contributed by atoms with Crippen molar-refractivity contribution >= 4 is 15.9 Å². The van der Waals surface area contributed by atoms with Crippen molar-refractivity contribution in [3.63, 3.8) is 0 Å². The third-order valence-corrected chi connectivity index (χ3v) is 3.72. The van der Waals surface area contributed by atoms with Crippen LogP contribution in [0.5, 0.6) is 0 Å². The first-order chi connectivity index (χ1) is 8.60. The minimum atomic E-state index is -0.231. The molecule has 1 aliphatic rings. The molecule has 0 spiro atoms. The number of hydrogen-bond donors (Lipinski definition) is 1. The van der Waals surface area contributed by atoms with Gasteiger partial charge in [0.25, 0.3) is 0 Å². The van der Waals surface area contributed by atoms with Crippen molar-refractivity contribution in [3.05, 3.63) is 34.1 Å². The van der Waals surface area contributed by atoms with E-state index in [4.69, 9.17) is 10.5 Å². The van der Waals surface area contributed by atoms with Crippen molar-refractivity contribution in [2.75, 3.05) is 6.61 Å². The molecule has 1 aromatic rings. The van der Waals surface area contributed by atoms with Gasteiger partial charge in [0.2, 0.25) is 0 Å². The van der Waals surface area contributed by atoms with Gasteiger partial charge in [-0.3, -0.25) is 0 Å². The molecule has 0 radical (unpaired) electrons. The second-order valence-corrected chi connectivity index (χ2v) is 5.82. The maximum absolute atomic E-state index is 13.3. The number of rotatable bonds is 6. The summed E-state index contributed by atoms with van der Waals surface area (Å²) in [4.78, 5) is 0. The highest BCUT2D eigenvalue weighted by atomic mass is 79.9. The van der Waals surface area contributed by atoms with Crippen LogP contribution in [-0.2, 0) is 11.2 Å². The number of hydrogen-bond acceptors (Lipinski definition) is 2. The molecule has 0 amide bonds. The molecule has 1 fully saturated rings. The topological polar surface area (TPSA) is 35.2 Å². The van der Waals surface area contributed by atoms with Crippen molar-refractivity contribution in [2.45, 2.75) is 38.3 Å². The van der Waals surface area contributed by atoms with Gasteiger partial charge in [0.05, 0.1) is 6.10 Å². The lowest BCUT2D eigenvalue weighted by molar-refractivity contribution is 0.0288. The zero-order valence-corrected chi connectivity index (χ0v) is 12.1. The van der Waals surface area contributed by atoms with Crippen LogP contribution in [0.4, 0.5) is 4.39 Å². The van der Waals surface area contributed by atoms with Crippen LogP contribution < -0.4 is 5.73 Å². The van der Waals surface area contributed by atoms with Gasteiger partial charge in [0.1, 0.15) is 5.82 Å². The number of ether oxygens (including phenoxy) is 1. The summed E-state index contributed by atoms with van der Waals surface area (Å²) in [7, 11) is 0. The molecule has 18 heavy (non-hydrogen) atoms. The molecule has 2 atom stereocenters. The highest BCUT2D eigenvalue weighted by Crippen LogP contribution is 2.36. The normalized spacial score (nSPS) is 18.7. The average molecular weight is 316 g/mol. The predicted octanol–water partition coefficient (Wildman–Crippen LogP) is 3.27. The molecule has 1 aromatic carbocycles. The summed E-state index contributed by atoms with van der Waals surface area (Å²) in [6, 6.07) is 4.85. The molecule has 0 saturated heterocycles. The Bertz CT molecular complexity index is 389. The van der Waals surface area contributed by atoms with Crippen LogP contribution >= 0.6 is 15.9 Å². The van der Waals surface area contributed by atoms with Crippen molar-refractivity contribution in [3.8, 4) is 0 Å². The molecule has 0 aromatic heterocycles. The SMILES string of the molecule is CCOC(C(N)Cc1cc(F)cc(Br)c1)C1CC1. The van der Waals surface area contributed by atoms with Crippen molar-refractivity contribution < 1.29 is 9.13 Å². The molecular weight excluding hydrogens is 297 g/mol. The van der Waals surface area contributed by atoms with Crippen LogP contribution in [0.15, 0.2) is 22.7 Å². The van der Waals surface area contributed by atoms with Crippen LogP contribution in [-0.4, -0.2) is 18.8 Å². The summed E-state index contributed by atoms with van der Waals surface area (Å²) in [5.74, 6) is 0.364. The van der Waals surface area contributed by atoms with E-state index in [-0.39, 0.29) is 18.0 Å². The molecule has 1 saturated carbocycles. The van der Waals surface area contributed by atoms with E-state index >= 15 is 0 Å². The zero-order valence-electron chi connectivity index (χ0n) is 10.5. The summed E-state index contributed by atoms with van der Waals surface area (Å²) in [5, 5.41) is 0. The summed E-state index contributed by atoms with van der Waals surface area (Å²) >= 11 is 3.30. The molecule has 2 unspecified atom stereocenters. The molecule has 2 rings (SSSR count). The molecule has 100 valence electrons. The average Bonchev–Trinajstić information content (AvgIpc) is 3.07. The summed E-state index contributed by atoms with van der Waals surface area (Å²) < 4.78 is 19.8. The smallest absolute Gasteiger partial charge is 0.124 e. The van der Waals surface area contributed by atoms with Crippen LogP contribution in [0.2, 0.25) is 0 Å². The van der Waals surface area contributed by atoms with Gasteiger partial charge in [0.15, 0.2) is 0 Å². The second kappa shape index (κ2) is 6.13. The summed E-state index contributed by atoms with van der Waals surface area (Å²) in [6.45, 7) is 2.67. The van der Waals surface area contributed by atoms with Gasteiger partial charge in [-0.05, 0) is 55.9 Å². The fourth-order valence-electron chi connectivity index (χ4n) is 2.34. The van der Waals surface area contributed by atoms with Crippen molar-refractivity contribution in [2.24, 2.45) is 11.7 Å². The molecule has 2 nitrogen and oxygen atoms in total. The Kier molecular flexibility index (Phi) is 4.76. The Morgan fingerprint density at radius 2 is 2.17 bits per heavy atom. The standard InChI is InChI=1S/C14H19BrFNO/c1-2-18-14(10-3-4-10)13(17)7-9-5-11(15)8-12(16)6-9/h5-6,8,10,13-14H,2-4,7,17H2,1H3. The van der Waals surface area contributed by atoms with E-state index in [1.807, 2.05) is 13.0 Å². The van der Waals surface area contributed by atoms with Gasteiger partial charge in [-0.25, -0.2) is 4.39 Å². The van der Waals surface area contributed by atoms with Gasteiger partial charge in [-0.2, -0.15) is 0 Å². The Hall–Kier alpha value is -0.450. The number of halogens is 2. The summed E-state index contributed by atoms with van der Waals surface area (Å²) in [6.07, 6.45) is 3.16. The maximum atomic E-state index is 13.3. The van der Waals surface area contributed by atoms with Gasteiger partial charge in [0, 0.05) is 17.1 Å². The minimum Gasteiger partial charge on any atom is -0.377 e. The lowest BCUT2D eigenvalue weighted by Gasteiger charge is -2.23. The molecule has 0 aliphatic heterocycles.